The lowest BCUT2D eigenvalue weighted by molar-refractivity contribution is -0.370. The third-order valence-corrected chi connectivity index (χ3v) is 6.71. The second-order valence-electron chi connectivity index (χ2n) is 8.64. The molecule has 0 aromatic rings. The van der Waals surface area contributed by atoms with Crippen LogP contribution < -0.4 is 0 Å². The Bertz CT molecular complexity index is 650. The number of ether oxygens (including phenoxy) is 3. The summed E-state index contributed by atoms with van der Waals surface area (Å²) in [7, 11) is 0. The van der Waals surface area contributed by atoms with Crippen LogP contribution in [0.1, 0.15) is 0 Å². The lowest BCUT2D eigenvalue weighted by atomic mass is 9.71. The molecule has 3 saturated heterocycles. The Kier molecular flexibility index (Phi) is 8.32. The van der Waals surface area contributed by atoms with Crippen molar-refractivity contribution < 1.29 is 75.5 Å². The third-order valence-electron chi connectivity index (χ3n) is 6.71. The molecule has 0 aromatic carbocycles. The fourth-order valence-electron chi connectivity index (χ4n) is 4.71. The molecule has 15 heteroatoms. The van der Waals surface area contributed by atoms with Crippen molar-refractivity contribution in [1.29, 1.82) is 0 Å². The first kappa shape index (κ1) is 27.0. The molecule has 15 nitrogen and oxygen atoms in total. The van der Waals surface area contributed by atoms with E-state index in [-0.39, 0.29) is 0 Å². The summed E-state index contributed by atoms with van der Waals surface area (Å²) in [5.41, 5.74) is -2.95. The van der Waals surface area contributed by atoms with Gasteiger partial charge in [0.15, 0.2) is 5.60 Å². The van der Waals surface area contributed by atoms with Gasteiger partial charge in [0, 0.05) is 0 Å². The van der Waals surface area contributed by atoms with Crippen LogP contribution in [0.3, 0.4) is 0 Å². The predicted octanol–water partition coefficient (Wildman–Crippen LogP) is -8.12. The van der Waals surface area contributed by atoms with Crippen LogP contribution in [0.15, 0.2) is 0 Å². The smallest absolute Gasteiger partial charge is 0.150 e. The van der Waals surface area contributed by atoms with E-state index >= 15 is 0 Å². The largest absolute Gasteiger partial charge is 0.394 e. The van der Waals surface area contributed by atoms with Crippen LogP contribution in [0.25, 0.3) is 0 Å². The van der Waals surface area contributed by atoms with Gasteiger partial charge < -0.3 is 75.5 Å². The van der Waals surface area contributed by atoms with Gasteiger partial charge in [0.25, 0.3) is 0 Å². The van der Waals surface area contributed by atoms with Gasteiger partial charge in [-0.3, -0.25) is 0 Å². The van der Waals surface area contributed by atoms with Crippen LogP contribution in [0.5, 0.6) is 0 Å². The highest BCUT2D eigenvalue weighted by Gasteiger charge is 2.67. The molecular weight excluding hydrogens is 456 g/mol. The highest BCUT2D eigenvalue weighted by atomic mass is 16.6. The lowest BCUT2D eigenvalue weighted by Crippen LogP contribution is -2.80. The second kappa shape index (κ2) is 10.2. The Labute approximate surface area is 187 Å². The summed E-state index contributed by atoms with van der Waals surface area (Å²) >= 11 is 0. The van der Waals surface area contributed by atoms with Crippen LogP contribution in [0, 0.1) is 0 Å². The van der Waals surface area contributed by atoms with E-state index in [1.54, 1.807) is 0 Å². The highest BCUT2D eigenvalue weighted by molar-refractivity contribution is 5.16. The number of aliphatic hydroxyl groups is 12. The molecule has 3 aliphatic rings. The Morgan fingerprint density at radius 3 is 1.42 bits per heavy atom. The van der Waals surface area contributed by atoms with Crippen molar-refractivity contribution in [3.05, 3.63) is 0 Å². The maximum absolute atomic E-state index is 11.6. The van der Waals surface area contributed by atoms with E-state index < -0.39 is 111 Å². The predicted molar refractivity (Wildman–Crippen MR) is 100 cm³/mol. The highest BCUT2D eigenvalue weighted by Crippen LogP contribution is 2.42. The van der Waals surface area contributed by atoms with Crippen molar-refractivity contribution in [2.75, 3.05) is 19.8 Å². The second-order valence-corrected chi connectivity index (χ2v) is 8.64. The zero-order valence-electron chi connectivity index (χ0n) is 17.3. The minimum atomic E-state index is -2.95. The van der Waals surface area contributed by atoms with Crippen LogP contribution in [0.2, 0.25) is 0 Å². The molecule has 194 valence electrons. The van der Waals surface area contributed by atoms with Crippen molar-refractivity contribution in [2.45, 2.75) is 91.1 Å². The van der Waals surface area contributed by atoms with Gasteiger partial charge >= 0.3 is 0 Å². The van der Waals surface area contributed by atoms with Crippen molar-refractivity contribution >= 4 is 0 Å². The SMILES string of the molecule is OC[C@H]1OC(C2O[C@H](CO)[C@@H](O)[C@H](O)[C@H]2O)[C@@](O)(C2O[C@H](CO)[C@@H](O)[C@H](O)[C@H]2O)[C@@H](O)[C@@H]1O. The molecule has 0 radical (unpaired) electrons. The van der Waals surface area contributed by atoms with Crippen molar-refractivity contribution in [3.63, 3.8) is 0 Å². The first-order chi connectivity index (χ1) is 15.4. The van der Waals surface area contributed by atoms with E-state index in [4.69, 9.17) is 14.2 Å². The molecule has 3 aliphatic heterocycles. The summed E-state index contributed by atoms with van der Waals surface area (Å²) in [5, 5.41) is 123. The van der Waals surface area contributed by atoms with Crippen molar-refractivity contribution in [3.8, 4) is 0 Å². The van der Waals surface area contributed by atoms with E-state index in [2.05, 4.69) is 0 Å². The van der Waals surface area contributed by atoms with E-state index in [0.717, 1.165) is 0 Å². The Morgan fingerprint density at radius 1 is 0.485 bits per heavy atom. The van der Waals surface area contributed by atoms with Gasteiger partial charge in [0.1, 0.15) is 85.5 Å². The van der Waals surface area contributed by atoms with Crippen LogP contribution in [-0.2, 0) is 14.2 Å². The number of hydrogen-bond acceptors (Lipinski definition) is 15. The van der Waals surface area contributed by atoms with E-state index in [0.29, 0.717) is 0 Å². The van der Waals surface area contributed by atoms with Gasteiger partial charge in [-0.05, 0) is 0 Å². The van der Waals surface area contributed by atoms with E-state index in [1.807, 2.05) is 0 Å². The molecule has 3 heterocycles. The quantitative estimate of drug-likeness (QED) is 0.171. The maximum Gasteiger partial charge on any atom is 0.150 e. The summed E-state index contributed by atoms with van der Waals surface area (Å²) < 4.78 is 16.2. The molecule has 33 heavy (non-hydrogen) atoms. The topological polar surface area (TPSA) is 270 Å². The van der Waals surface area contributed by atoms with Gasteiger partial charge in [-0.2, -0.15) is 0 Å². The average molecular weight is 488 g/mol. The normalized spacial score (nSPS) is 56.0. The van der Waals surface area contributed by atoms with Crippen LogP contribution in [0.4, 0.5) is 0 Å². The van der Waals surface area contributed by atoms with Crippen LogP contribution >= 0.6 is 0 Å². The molecule has 0 saturated carbocycles. The fraction of sp³-hybridized carbons (Fsp3) is 1.00. The number of rotatable bonds is 5. The molecule has 15 atom stereocenters. The Balaban J connectivity index is 2.07. The third kappa shape index (κ3) is 4.31. The first-order valence-electron chi connectivity index (χ1n) is 10.4. The van der Waals surface area contributed by atoms with Gasteiger partial charge in [-0.1, -0.05) is 0 Å². The monoisotopic (exact) mass is 488 g/mol. The van der Waals surface area contributed by atoms with Gasteiger partial charge in [-0.15, -0.1) is 0 Å². The van der Waals surface area contributed by atoms with Crippen molar-refractivity contribution in [2.24, 2.45) is 0 Å². The summed E-state index contributed by atoms with van der Waals surface area (Å²) in [6.07, 6.45) is -26.5. The van der Waals surface area contributed by atoms with E-state index in [1.165, 1.54) is 0 Å². The standard InChI is InChI=1S/C18H32O15/c19-1-4-7(22)10(25)12(27)14(31-4)17-18(30,15(29)9(24)6(3-21)33-17)16-13(28)11(26)8(23)5(2-20)32-16/h4-17,19-30H,1-3H2/t4-,5-,6-,7-,8-,9-,10+,11+,12-,13-,14?,15+,16?,17?,18+/m1/s1. The summed E-state index contributed by atoms with van der Waals surface area (Å²) in [6, 6.07) is 0. The van der Waals surface area contributed by atoms with Crippen LogP contribution in [-0.4, -0.2) is 172 Å². The van der Waals surface area contributed by atoms with Gasteiger partial charge in [0.05, 0.1) is 19.8 Å². The summed E-state index contributed by atoms with van der Waals surface area (Å²) in [6.45, 7) is -2.63. The fourth-order valence-corrected chi connectivity index (χ4v) is 4.71. The Morgan fingerprint density at radius 2 is 0.909 bits per heavy atom. The Hall–Kier alpha value is -0.600. The minimum absolute atomic E-state index is 0.846. The summed E-state index contributed by atoms with van der Waals surface area (Å²) in [4.78, 5) is 0. The molecular formula is C18H32O15. The summed E-state index contributed by atoms with van der Waals surface area (Å²) in [5.74, 6) is 0. The molecule has 0 bridgehead atoms. The zero-order valence-corrected chi connectivity index (χ0v) is 17.3. The molecule has 12 N–H and O–H groups in total. The lowest BCUT2D eigenvalue weighted by Gasteiger charge is -2.57. The molecule has 0 spiro atoms. The van der Waals surface area contributed by atoms with Crippen molar-refractivity contribution in [1.82, 2.24) is 0 Å². The molecule has 3 rings (SSSR count). The average Bonchev–Trinajstić information content (AvgIpc) is 2.80. The van der Waals surface area contributed by atoms with Gasteiger partial charge in [0.2, 0.25) is 0 Å². The molecule has 3 fully saturated rings. The maximum atomic E-state index is 11.6. The molecule has 0 amide bonds. The first-order valence-corrected chi connectivity index (χ1v) is 10.4. The van der Waals surface area contributed by atoms with Gasteiger partial charge in [-0.25, -0.2) is 0 Å². The number of hydrogen-bond donors (Lipinski definition) is 12. The number of aliphatic hydroxyl groups excluding tert-OH is 11. The van der Waals surface area contributed by atoms with E-state index in [9.17, 15) is 61.3 Å². The molecule has 3 unspecified atom stereocenters. The minimum Gasteiger partial charge on any atom is -0.394 e. The molecule has 0 aromatic heterocycles. The zero-order chi connectivity index (χ0) is 24.8. The molecule has 0 aliphatic carbocycles.